The first kappa shape index (κ1) is 13.9. The summed E-state index contributed by atoms with van der Waals surface area (Å²) in [6.07, 6.45) is 3.64. The molecule has 0 fully saturated rings. The zero-order chi connectivity index (χ0) is 11.4. The third kappa shape index (κ3) is 4.30. The fourth-order valence-corrected chi connectivity index (χ4v) is 2.25. The smallest absolute Gasteiger partial charge is 0.180 e. The lowest BCUT2D eigenvalue weighted by Crippen LogP contribution is -2.17. The van der Waals surface area contributed by atoms with Crippen molar-refractivity contribution in [3.63, 3.8) is 0 Å². The van der Waals surface area contributed by atoms with E-state index in [-0.39, 0.29) is 12.4 Å². The van der Waals surface area contributed by atoms with Crippen LogP contribution in [-0.4, -0.2) is 21.9 Å². The number of halogens is 1. The Labute approximate surface area is 111 Å². The number of nitrogen functional groups attached to an aromatic ring is 1. The largest absolute Gasteiger partial charge is 0.375 e. The molecule has 0 aliphatic carbocycles. The van der Waals surface area contributed by atoms with Gasteiger partial charge in [0.25, 0.3) is 0 Å². The SMILES string of the molecule is CN(Cc1ccccn1)Cc1cnc(N)s1.Cl. The lowest BCUT2D eigenvalue weighted by atomic mass is 10.3. The first-order valence-corrected chi connectivity index (χ1v) is 5.84. The van der Waals surface area contributed by atoms with E-state index in [0.717, 1.165) is 18.8 Å². The molecule has 2 N–H and O–H groups in total. The zero-order valence-corrected chi connectivity index (χ0v) is 11.2. The third-order valence-electron chi connectivity index (χ3n) is 2.16. The van der Waals surface area contributed by atoms with E-state index in [1.54, 1.807) is 0 Å². The first-order chi connectivity index (χ1) is 7.74. The zero-order valence-electron chi connectivity index (χ0n) is 9.54. The van der Waals surface area contributed by atoms with Crippen LogP contribution >= 0.6 is 23.7 Å². The van der Waals surface area contributed by atoms with Crippen LogP contribution in [0.1, 0.15) is 10.6 Å². The van der Waals surface area contributed by atoms with E-state index < -0.39 is 0 Å². The Morgan fingerprint density at radius 1 is 1.29 bits per heavy atom. The van der Waals surface area contributed by atoms with E-state index in [1.807, 2.05) is 30.6 Å². The standard InChI is InChI=1S/C11H14N4S.ClH/c1-15(7-9-4-2-3-5-13-9)8-10-6-14-11(12)16-10;/h2-6H,7-8H2,1H3,(H2,12,14);1H. The number of anilines is 1. The number of thiazole rings is 1. The summed E-state index contributed by atoms with van der Waals surface area (Å²) in [5.41, 5.74) is 6.66. The summed E-state index contributed by atoms with van der Waals surface area (Å²) in [4.78, 5) is 11.7. The van der Waals surface area contributed by atoms with Gasteiger partial charge in [-0.15, -0.1) is 23.7 Å². The predicted molar refractivity (Wildman–Crippen MR) is 73.2 cm³/mol. The molecule has 0 radical (unpaired) electrons. The molecule has 0 saturated heterocycles. The molecular formula is C11H15ClN4S. The molecule has 0 spiro atoms. The summed E-state index contributed by atoms with van der Waals surface area (Å²) in [6.45, 7) is 1.68. The van der Waals surface area contributed by atoms with Gasteiger partial charge in [-0.25, -0.2) is 4.98 Å². The highest BCUT2D eigenvalue weighted by molar-refractivity contribution is 7.15. The summed E-state index contributed by atoms with van der Waals surface area (Å²) in [5, 5.41) is 0.626. The van der Waals surface area contributed by atoms with Crippen molar-refractivity contribution in [2.75, 3.05) is 12.8 Å². The molecule has 2 aromatic heterocycles. The minimum Gasteiger partial charge on any atom is -0.375 e. The average molecular weight is 271 g/mol. The summed E-state index contributed by atoms with van der Waals surface area (Å²) in [7, 11) is 2.06. The highest BCUT2D eigenvalue weighted by Gasteiger charge is 2.04. The van der Waals surface area contributed by atoms with Crippen LogP contribution < -0.4 is 5.73 Å². The van der Waals surface area contributed by atoms with Crippen molar-refractivity contribution in [1.29, 1.82) is 0 Å². The maximum Gasteiger partial charge on any atom is 0.180 e. The molecule has 0 amide bonds. The molecule has 0 unspecified atom stereocenters. The van der Waals surface area contributed by atoms with Crippen LogP contribution in [0, 0.1) is 0 Å². The number of aromatic nitrogens is 2. The van der Waals surface area contributed by atoms with E-state index in [0.29, 0.717) is 5.13 Å². The molecule has 0 aliphatic heterocycles. The van der Waals surface area contributed by atoms with Crippen molar-refractivity contribution in [3.8, 4) is 0 Å². The fraction of sp³-hybridized carbons (Fsp3) is 0.273. The Morgan fingerprint density at radius 3 is 2.71 bits per heavy atom. The van der Waals surface area contributed by atoms with Crippen molar-refractivity contribution < 1.29 is 0 Å². The van der Waals surface area contributed by atoms with Crippen molar-refractivity contribution in [2.45, 2.75) is 13.1 Å². The van der Waals surface area contributed by atoms with Crippen LogP contribution in [0.5, 0.6) is 0 Å². The molecule has 4 nitrogen and oxygen atoms in total. The lowest BCUT2D eigenvalue weighted by Gasteiger charge is -2.14. The van der Waals surface area contributed by atoms with Gasteiger partial charge in [0.2, 0.25) is 0 Å². The molecule has 0 atom stereocenters. The van der Waals surface area contributed by atoms with Crippen molar-refractivity contribution in [2.24, 2.45) is 0 Å². The third-order valence-corrected chi connectivity index (χ3v) is 2.97. The second kappa shape index (κ2) is 6.54. The number of nitrogens with two attached hydrogens (primary N) is 1. The highest BCUT2D eigenvalue weighted by atomic mass is 35.5. The van der Waals surface area contributed by atoms with Gasteiger partial charge < -0.3 is 5.73 Å². The molecule has 0 aromatic carbocycles. The average Bonchev–Trinajstić information content (AvgIpc) is 2.65. The minimum absolute atomic E-state index is 0. The van der Waals surface area contributed by atoms with E-state index in [9.17, 15) is 0 Å². The number of hydrogen-bond acceptors (Lipinski definition) is 5. The Kier molecular flexibility index (Phi) is 5.34. The number of nitrogens with zero attached hydrogens (tertiary/aromatic N) is 3. The van der Waals surface area contributed by atoms with Crippen LogP contribution in [0.4, 0.5) is 5.13 Å². The lowest BCUT2D eigenvalue weighted by molar-refractivity contribution is 0.318. The van der Waals surface area contributed by atoms with Gasteiger partial charge in [0.1, 0.15) is 0 Å². The Morgan fingerprint density at radius 2 is 2.12 bits per heavy atom. The van der Waals surface area contributed by atoms with Gasteiger partial charge in [-0.1, -0.05) is 6.07 Å². The molecule has 17 heavy (non-hydrogen) atoms. The van der Waals surface area contributed by atoms with Gasteiger partial charge in [0.05, 0.1) is 5.69 Å². The Balaban J connectivity index is 0.00000144. The quantitative estimate of drug-likeness (QED) is 0.925. The van der Waals surface area contributed by atoms with E-state index in [2.05, 4.69) is 21.9 Å². The van der Waals surface area contributed by atoms with E-state index in [4.69, 9.17) is 5.73 Å². The maximum absolute atomic E-state index is 5.58. The molecule has 0 aliphatic rings. The molecule has 2 aromatic rings. The molecule has 2 heterocycles. The highest BCUT2D eigenvalue weighted by Crippen LogP contribution is 2.16. The summed E-state index contributed by atoms with van der Waals surface area (Å²) < 4.78 is 0. The normalized spacial score (nSPS) is 10.2. The van der Waals surface area contributed by atoms with Gasteiger partial charge in [0.15, 0.2) is 5.13 Å². The van der Waals surface area contributed by atoms with E-state index in [1.165, 1.54) is 16.2 Å². The molecule has 2 rings (SSSR count). The van der Waals surface area contributed by atoms with Crippen molar-refractivity contribution in [1.82, 2.24) is 14.9 Å². The monoisotopic (exact) mass is 270 g/mol. The van der Waals surface area contributed by atoms with Gasteiger partial charge in [-0.05, 0) is 19.2 Å². The Hall–Kier alpha value is -1.17. The second-order valence-corrected chi connectivity index (χ2v) is 4.80. The maximum atomic E-state index is 5.58. The molecule has 92 valence electrons. The number of pyridine rings is 1. The molecular weight excluding hydrogens is 256 g/mol. The summed E-state index contributed by atoms with van der Waals surface area (Å²) >= 11 is 1.53. The molecule has 0 bridgehead atoms. The van der Waals surface area contributed by atoms with Crippen LogP contribution in [0.15, 0.2) is 30.6 Å². The first-order valence-electron chi connectivity index (χ1n) is 5.02. The van der Waals surface area contributed by atoms with E-state index >= 15 is 0 Å². The van der Waals surface area contributed by atoms with Gasteiger partial charge >= 0.3 is 0 Å². The number of rotatable bonds is 4. The fourth-order valence-electron chi connectivity index (χ4n) is 1.49. The van der Waals surface area contributed by atoms with Crippen LogP contribution in [0.2, 0.25) is 0 Å². The topological polar surface area (TPSA) is 55.0 Å². The predicted octanol–water partition coefficient (Wildman–Crippen LogP) is 2.17. The van der Waals surface area contributed by atoms with Crippen LogP contribution in [0.3, 0.4) is 0 Å². The van der Waals surface area contributed by atoms with Crippen LogP contribution in [0.25, 0.3) is 0 Å². The number of hydrogen-bond donors (Lipinski definition) is 1. The Bertz CT molecular complexity index is 446. The molecule has 0 saturated carbocycles. The van der Waals surface area contributed by atoms with Gasteiger partial charge in [0, 0.05) is 30.4 Å². The van der Waals surface area contributed by atoms with Gasteiger partial charge in [-0.2, -0.15) is 0 Å². The minimum atomic E-state index is 0. The summed E-state index contributed by atoms with van der Waals surface area (Å²) in [6, 6.07) is 5.95. The van der Waals surface area contributed by atoms with Crippen LogP contribution in [-0.2, 0) is 13.1 Å². The molecule has 6 heteroatoms. The second-order valence-electron chi connectivity index (χ2n) is 3.66. The van der Waals surface area contributed by atoms with Crippen molar-refractivity contribution >= 4 is 28.9 Å². The van der Waals surface area contributed by atoms with Crippen molar-refractivity contribution in [3.05, 3.63) is 41.2 Å². The summed E-state index contributed by atoms with van der Waals surface area (Å²) in [5.74, 6) is 0. The van der Waals surface area contributed by atoms with Gasteiger partial charge in [-0.3, -0.25) is 9.88 Å².